The highest BCUT2D eigenvalue weighted by atomic mass is 16.6. The van der Waals surface area contributed by atoms with Gasteiger partial charge in [-0.3, -0.25) is 10.1 Å². The molecule has 0 heterocycles. The third-order valence-electron chi connectivity index (χ3n) is 2.26. The Morgan fingerprint density at radius 1 is 1.53 bits per heavy atom. The summed E-state index contributed by atoms with van der Waals surface area (Å²) in [6, 6.07) is 6.71. The fraction of sp³-hybridized carbons (Fsp3) is 0.300. The van der Waals surface area contributed by atoms with Crippen LogP contribution in [0.2, 0.25) is 0 Å². The summed E-state index contributed by atoms with van der Waals surface area (Å²) in [5.41, 5.74) is 0.783. The van der Waals surface area contributed by atoms with Gasteiger partial charge in [-0.15, -0.1) is 0 Å². The number of rotatable bonds is 3. The first-order valence-corrected chi connectivity index (χ1v) is 4.66. The van der Waals surface area contributed by atoms with Crippen LogP contribution in [0, 0.1) is 21.4 Å². The number of hydrogen-bond acceptors (Lipinski definition) is 4. The molecule has 5 nitrogen and oxygen atoms in total. The Bertz CT molecular complexity index is 446. The molecule has 1 saturated carbocycles. The minimum atomic E-state index is -0.467. The molecule has 1 aromatic carbocycles. The molecule has 1 fully saturated rings. The Morgan fingerprint density at radius 2 is 2.27 bits per heavy atom. The van der Waals surface area contributed by atoms with Crippen molar-refractivity contribution in [3.8, 4) is 6.07 Å². The number of nitrogens with one attached hydrogen (secondary N) is 1. The number of nitrogens with zero attached hydrogens (tertiary/aromatic N) is 2. The van der Waals surface area contributed by atoms with Crippen LogP contribution in [0.15, 0.2) is 18.2 Å². The molecule has 0 spiro atoms. The van der Waals surface area contributed by atoms with Crippen LogP contribution in [0.5, 0.6) is 0 Å². The molecule has 0 atom stereocenters. The van der Waals surface area contributed by atoms with Crippen LogP contribution in [0.1, 0.15) is 18.4 Å². The number of nitriles is 1. The lowest BCUT2D eigenvalue weighted by Gasteiger charge is -2.04. The summed E-state index contributed by atoms with van der Waals surface area (Å²) in [6.07, 6.45) is 2.11. The second-order valence-electron chi connectivity index (χ2n) is 3.52. The molecule has 1 N–H and O–H groups in total. The van der Waals surface area contributed by atoms with Gasteiger partial charge >= 0.3 is 0 Å². The van der Waals surface area contributed by atoms with Gasteiger partial charge in [-0.25, -0.2) is 0 Å². The monoisotopic (exact) mass is 203 g/mol. The Morgan fingerprint density at radius 3 is 2.80 bits per heavy atom. The van der Waals surface area contributed by atoms with Crippen molar-refractivity contribution in [2.75, 3.05) is 5.32 Å². The minimum absolute atomic E-state index is 0.0269. The molecule has 15 heavy (non-hydrogen) atoms. The van der Waals surface area contributed by atoms with E-state index >= 15 is 0 Å². The molecule has 1 aliphatic rings. The van der Waals surface area contributed by atoms with E-state index < -0.39 is 4.92 Å². The SMILES string of the molecule is N#Cc1ccc(NC2CC2)c([N+](=O)[O-])c1. The average molecular weight is 203 g/mol. The molecule has 0 amide bonds. The molecule has 0 aromatic heterocycles. The number of hydrogen-bond donors (Lipinski definition) is 1. The van der Waals surface area contributed by atoms with E-state index in [0.717, 1.165) is 12.8 Å². The van der Waals surface area contributed by atoms with Crippen LogP contribution in [0.3, 0.4) is 0 Å². The zero-order valence-electron chi connectivity index (χ0n) is 7.93. The van der Waals surface area contributed by atoms with Crippen molar-refractivity contribution in [2.24, 2.45) is 0 Å². The number of benzene rings is 1. The van der Waals surface area contributed by atoms with Gasteiger partial charge in [0.15, 0.2) is 0 Å². The highest BCUT2D eigenvalue weighted by molar-refractivity contribution is 5.64. The minimum Gasteiger partial charge on any atom is -0.377 e. The average Bonchev–Trinajstić information content (AvgIpc) is 3.02. The molecular weight excluding hydrogens is 194 g/mol. The molecule has 0 aliphatic heterocycles. The summed E-state index contributed by atoms with van der Waals surface area (Å²) in [4.78, 5) is 10.3. The largest absolute Gasteiger partial charge is 0.377 e. The molecule has 0 saturated heterocycles. The van der Waals surface area contributed by atoms with Gasteiger partial charge in [0.25, 0.3) is 5.69 Å². The van der Waals surface area contributed by atoms with E-state index in [4.69, 9.17) is 5.26 Å². The van der Waals surface area contributed by atoms with Gasteiger partial charge in [0.05, 0.1) is 16.6 Å². The van der Waals surface area contributed by atoms with Crippen LogP contribution < -0.4 is 5.32 Å². The fourth-order valence-electron chi connectivity index (χ4n) is 1.32. The van der Waals surface area contributed by atoms with Crippen molar-refractivity contribution in [3.63, 3.8) is 0 Å². The van der Waals surface area contributed by atoms with Crippen LogP contribution in [0.25, 0.3) is 0 Å². The third kappa shape index (κ3) is 2.05. The summed E-state index contributed by atoms with van der Waals surface area (Å²) < 4.78 is 0. The summed E-state index contributed by atoms with van der Waals surface area (Å²) in [7, 11) is 0. The van der Waals surface area contributed by atoms with Crippen molar-refractivity contribution in [1.82, 2.24) is 0 Å². The second-order valence-corrected chi connectivity index (χ2v) is 3.52. The maximum Gasteiger partial charge on any atom is 0.293 e. The normalized spacial score (nSPS) is 14.3. The number of anilines is 1. The van der Waals surface area contributed by atoms with Gasteiger partial charge in [-0.2, -0.15) is 5.26 Å². The first-order valence-electron chi connectivity index (χ1n) is 4.66. The Balaban J connectivity index is 2.35. The highest BCUT2D eigenvalue weighted by Gasteiger charge is 2.24. The third-order valence-corrected chi connectivity index (χ3v) is 2.26. The predicted molar refractivity (Wildman–Crippen MR) is 54.5 cm³/mol. The Labute approximate surface area is 86.5 Å². The van der Waals surface area contributed by atoms with E-state index in [1.165, 1.54) is 6.07 Å². The van der Waals surface area contributed by atoms with Gasteiger partial charge in [-0.05, 0) is 25.0 Å². The van der Waals surface area contributed by atoms with E-state index in [2.05, 4.69) is 5.32 Å². The maximum atomic E-state index is 10.7. The zero-order chi connectivity index (χ0) is 10.8. The summed E-state index contributed by atoms with van der Waals surface area (Å²) in [6.45, 7) is 0. The molecular formula is C10H9N3O2. The van der Waals surface area contributed by atoms with Gasteiger partial charge in [-0.1, -0.05) is 0 Å². The second kappa shape index (κ2) is 3.58. The molecule has 0 radical (unpaired) electrons. The quantitative estimate of drug-likeness (QED) is 0.602. The van der Waals surface area contributed by atoms with Gasteiger partial charge in [0.2, 0.25) is 0 Å². The first kappa shape index (κ1) is 9.46. The van der Waals surface area contributed by atoms with E-state index in [1.807, 2.05) is 6.07 Å². The molecule has 0 unspecified atom stereocenters. The summed E-state index contributed by atoms with van der Waals surface area (Å²) in [5.74, 6) is 0. The molecule has 1 aliphatic carbocycles. The van der Waals surface area contributed by atoms with Crippen molar-refractivity contribution in [1.29, 1.82) is 5.26 Å². The van der Waals surface area contributed by atoms with Gasteiger partial charge in [0.1, 0.15) is 5.69 Å². The lowest BCUT2D eigenvalue weighted by Crippen LogP contribution is -2.04. The molecule has 76 valence electrons. The number of nitro groups is 1. The number of nitro benzene ring substituents is 1. The maximum absolute atomic E-state index is 10.7. The molecule has 2 rings (SSSR count). The van der Waals surface area contributed by atoms with Crippen molar-refractivity contribution >= 4 is 11.4 Å². The van der Waals surface area contributed by atoms with Crippen molar-refractivity contribution in [3.05, 3.63) is 33.9 Å². The van der Waals surface area contributed by atoms with E-state index in [0.29, 0.717) is 17.3 Å². The summed E-state index contributed by atoms with van der Waals surface area (Å²) >= 11 is 0. The van der Waals surface area contributed by atoms with E-state index in [1.54, 1.807) is 12.1 Å². The molecule has 1 aromatic rings. The van der Waals surface area contributed by atoms with Crippen LogP contribution in [0.4, 0.5) is 11.4 Å². The first-order chi connectivity index (χ1) is 7.20. The predicted octanol–water partition coefficient (Wildman–Crippen LogP) is 2.04. The Kier molecular flexibility index (Phi) is 2.26. The van der Waals surface area contributed by atoms with Crippen LogP contribution in [-0.4, -0.2) is 11.0 Å². The van der Waals surface area contributed by atoms with Gasteiger partial charge < -0.3 is 5.32 Å². The lowest BCUT2D eigenvalue weighted by atomic mass is 10.2. The smallest absolute Gasteiger partial charge is 0.293 e. The fourth-order valence-corrected chi connectivity index (χ4v) is 1.32. The highest BCUT2D eigenvalue weighted by Crippen LogP contribution is 2.31. The van der Waals surface area contributed by atoms with Gasteiger partial charge in [0, 0.05) is 12.1 Å². The Hall–Kier alpha value is -2.09. The van der Waals surface area contributed by atoms with Crippen molar-refractivity contribution in [2.45, 2.75) is 18.9 Å². The molecule has 0 bridgehead atoms. The molecule has 5 heteroatoms. The van der Waals surface area contributed by atoms with Crippen LogP contribution >= 0.6 is 0 Å². The summed E-state index contributed by atoms with van der Waals surface area (Å²) in [5, 5.41) is 22.4. The lowest BCUT2D eigenvalue weighted by molar-refractivity contribution is -0.384. The zero-order valence-corrected chi connectivity index (χ0v) is 7.93. The van der Waals surface area contributed by atoms with Crippen molar-refractivity contribution < 1.29 is 4.92 Å². The van der Waals surface area contributed by atoms with E-state index in [-0.39, 0.29) is 5.69 Å². The topological polar surface area (TPSA) is 79.0 Å². The van der Waals surface area contributed by atoms with Crippen LogP contribution in [-0.2, 0) is 0 Å². The standard InChI is InChI=1S/C10H9N3O2/c11-6-7-1-4-9(12-8-2-3-8)10(5-7)13(14)15/h1,4-5,8,12H,2-3H2. The van der Waals surface area contributed by atoms with E-state index in [9.17, 15) is 10.1 Å².